The zero-order chi connectivity index (χ0) is 88.1. The number of carbonyl (C=O) groups excluding carboxylic acids is 2. The third-order valence-corrected chi connectivity index (χ3v) is 119. The van der Waals surface area contributed by atoms with Crippen LogP contribution in [0.5, 0.6) is 0 Å². The Morgan fingerprint density at radius 1 is 0.360 bits per heavy atom. The molecule has 0 unspecified atom stereocenters. The largest absolute Gasteiger partial charge is 0.461 e. The van der Waals surface area contributed by atoms with E-state index in [0.29, 0.717) is 36.5 Å². The molecule has 8 saturated heterocycles. The van der Waals surface area contributed by atoms with Crippen LogP contribution in [0.25, 0.3) is 0 Å². The lowest BCUT2D eigenvalue weighted by molar-refractivity contribution is -0.373. The Morgan fingerprint density at radius 2 is 0.616 bits per heavy atom. The monoisotopic (exact) mass is 2670 g/mol. The number of aliphatic hydroxyl groups is 1. The van der Waals surface area contributed by atoms with Crippen molar-refractivity contribution < 1.29 is 62.1 Å². The second-order valence-corrected chi connectivity index (χ2v) is 110. The third-order valence-electron chi connectivity index (χ3n) is 19.4. The molecule has 0 saturated carbocycles. The predicted molar refractivity (Wildman–Crippen MR) is 658 cm³/mol. The van der Waals surface area contributed by atoms with Crippen molar-refractivity contribution in [2.45, 2.75) is 258 Å². The predicted octanol–water partition coefficient (Wildman–Crippen LogP) is 11.2. The molecule has 10 rings (SSSR count). The first-order valence-corrected chi connectivity index (χ1v) is 101. The molecule has 8 heterocycles. The van der Waals surface area contributed by atoms with Crippen LogP contribution < -0.4 is 0 Å². The molecular weight excluding hydrogens is 2580 g/mol. The summed E-state index contributed by atoms with van der Waals surface area (Å²) in [6.07, 6.45) is 8.12. The Labute approximate surface area is 890 Å². The van der Waals surface area contributed by atoms with E-state index in [4.69, 9.17) is 92.1 Å². The molecule has 0 radical (unpaired) electrons. The fourth-order valence-corrected chi connectivity index (χ4v) is 132. The second kappa shape index (κ2) is 75.9. The molecule has 64 heteroatoms. The van der Waals surface area contributed by atoms with Crippen molar-refractivity contribution in [3.8, 4) is 0 Å². The fraction of sp³-hybridized carbons (Fsp3) is 0.770. The molecule has 125 heavy (non-hydrogen) atoms. The fourth-order valence-electron chi connectivity index (χ4n) is 13.9. The van der Waals surface area contributed by atoms with Crippen LogP contribution in [0.4, 0.5) is 0 Å². The lowest BCUT2D eigenvalue weighted by atomic mass is 9.75. The SMILES string of the molecule is C.C.CC[C@H](C)[C@@H]1C[C@H]2O[C@@H]3[C@H](C[C@H]2O1)O[C@]1(C[C@H](C)[C@H](C)[C@H](CC(=O)OCc2ccccc2)O1)C[C@@H]3C.CC[C@H](C)[C@@H]1C[C@H]2O[C@@H]3[C@H](C[C@H]2O1)O[C@]1(C[C@H](C)[C@H](O)[C@H](CC(=O)OCc2ccccc2)O1)C[C@@H]3C.S=S=S=S=S=S=S=S=S=S=S=S=S=S=S=S=S=S=S=S=S=S=S=S=S.S=S=S=S=S=S=S=S=S=S=S=S=S=S=S=S=S=S=S=S=S=S=S=S=S=S. The van der Waals surface area contributed by atoms with Gasteiger partial charge in [0.2, 0.25) is 0 Å². The highest BCUT2D eigenvalue weighted by molar-refractivity contribution is 8.81. The maximum atomic E-state index is 12.8. The minimum absolute atomic E-state index is 0. The number of hydrogen-bond acceptors (Lipinski definition) is 17. The van der Waals surface area contributed by atoms with Crippen LogP contribution in [-0.2, 0) is 532 Å². The molecule has 8 aliphatic heterocycles. The first kappa shape index (κ1) is 124. The van der Waals surface area contributed by atoms with Gasteiger partial charge >= 0.3 is 11.9 Å². The average Bonchev–Trinajstić information content (AvgIpc) is 1.74. The van der Waals surface area contributed by atoms with Gasteiger partial charge in [0.1, 0.15) is 13.2 Å². The van der Waals surface area contributed by atoms with E-state index in [9.17, 15) is 14.7 Å². The number of rotatable bonds is 12. The molecule has 2 aromatic carbocycles. The van der Waals surface area contributed by atoms with Gasteiger partial charge in [0.05, 0.1) is 92.2 Å². The smallest absolute Gasteiger partial charge is 0.308 e. The number of benzene rings is 2. The molecule has 1 N–H and O–H groups in total. The van der Waals surface area contributed by atoms with Crippen molar-refractivity contribution in [1.29, 1.82) is 0 Å². The number of ether oxygens (including phenoxy) is 10. The van der Waals surface area contributed by atoms with Crippen LogP contribution in [0.15, 0.2) is 60.7 Å². The second-order valence-electron chi connectivity index (χ2n) is 26.8. The van der Waals surface area contributed by atoms with E-state index in [2.05, 4.69) is 55.4 Å². The summed E-state index contributed by atoms with van der Waals surface area (Å²) in [7, 11) is 81.7. The van der Waals surface area contributed by atoms with Gasteiger partial charge in [0.15, 0.2) is 11.6 Å². The number of carbonyl (C=O) groups is 2. The number of fused-ring (bicyclic) bond motifs is 4. The molecule has 0 bridgehead atoms. The Balaban J connectivity index is 0.000000299. The van der Waals surface area contributed by atoms with Gasteiger partial charge in [-0.05, 0) is 52.6 Å². The van der Waals surface area contributed by atoms with E-state index in [0.717, 1.165) is 62.5 Å². The molecular formula is C61H94O13S51. The highest BCUT2D eigenvalue weighted by Crippen LogP contribution is 2.52. The molecule has 722 valence electrons. The Morgan fingerprint density at radius 3 is 0.904 bits per heavy atom. The molecule has 0 aliphatic carbocycles. The molecule has 2 spiro atoms. The van der Waals surface area contributed by atoms with Crippen LogP contribution >= 0.6 is 0 Å². The minimum atomic E-state index is -0.839. The molecule has 0 amide bonds. The van der Waals surface area contributed by atoms with Crippen molar-refractivity contribution in [2.24, 2.45) is 41.4 Å². The van der Waals surface area contributed by atoms with E-state index >= 15 is 0 Å². The zero-order valence-electron chi connectivity index (χ0n) is 65.4. The van der Waals surface area contributed by atoms with Gasteiger partial charge < -0.3 is 52.5 Å². The summed E-state index contributed by atoms with van der Waals surface area (Å²) in [5.41, 5.74) is 1.92. The van der Waals surface area contributed by atoms with Crippen molar-refractivity contribution >= 4 is 474 Å². The first-order valence-electron chi connectivity index (χ1n) is 36.1. The summed E-state index contributed by atoms with van der Waals surface area (Å²) in [6, 6.07) is 19.4. The summed E-state index contributed by atoms with van der Waals surface area (Å²) < 4.78 is 63.8. The maximum absolute atomic E-state index is 12.8. The van der Waals surface area contributed by atoms with Crippen LogP contribution in [-0.4, -0.2) is 108 Å². The summed E-state index contributed by atoms with van der Waals surface area (Å²) in [5, 5.41) is 10.9. The molecule has 22 atom stereocenters. The first-order chi connectivity index (χ1) is 59.9. The van der Waals surface area contributed by atoms with Gasteiger partial charge in [-0.25, -0.2) is 0 Å². The van der Waals surface area contributed by atoms with Crippen LogP contribution in [0.1, 0.15) is 165 Å². The molecule has 8 fully saturated rings. The average molecular weight is 2670 g/mol. The van der Waals surface area contributed by atoms with E-state index < -0.39 is 23.8 Å². The van der Waals surface area contributed by atoms with E-state index in [1.165, 1.54) is 35.5 Å². The van der Waals surface area contributed by atoms with E-state index in [1.54, 1.807) is 249 Å². The third kappa shape index (κ3) is 50.3. The lowest BCUT2D eigenvalue weighted by Crippen LogP contribution is -2.62. The van der Waals surface area contributed by atoms with Gasteiger partial charge in [-0.1, -0.05) is 151 Å². The standard InChI is InChI=1S/C30H44O6.C29H42O7.2CH4.S26.S25/c1-6-18(2)23-12-26-25(33-23)13-27-29(34-26)20(4)16-30(36-27)15-19(3)21(5)24(35-30)14-28(31)32-17-22-10-8-7-9-11-22;1-5-17(2)21-11-23-22(33-21)12-25-28(34-23)19(4)15-29(36-25)14-18(3)27(31)24(35-29)13-26(30)32-16-20-9-7-6-8-10-20;;;1-3-5-7-9-11-13-15-17-19-21-23-25-26-24-22-20-18-16-14-12-10-8-6-4-2;1-3-5-7-9-11-13-15-17-19-21-23-25-24-22-20-18-16-14-12-10-8-6-4-2/h7-11,18-21,23-27,29H,6,12-17H2,1-5H3;6-10,17-19,21-25,27-28,31H,5,11-16H2,1-4H3;2*1H4;;/t18-,19-,20-,21-,23-,24-,25+,26+,27-,29-,30+;17-,18-,19-,21-,22+,23+,24-,25-,27-,28-,29+;;;;/m00..../s1. The highest BCUT2D eigenvalue weighted by Gasteiger charge is 2.59. The Kier molecular flexibility index (Phi) is 75.1. The summed E-state index contributed by atoms with van der Waals surface area (Å²) in [4.78, 5) is 25.4. The van der Waals surface area contributed by atoms with Gasteiger partial charge in [0.25, 0.3) is 0 Å². The van der Waals surface area contributed by atoms with Crippen molar-refractivity contribution in [2.75, 3.05) is 0 Å². The quantitative estimate of drug-likeness (QED) is 0.201. The van der Waals surface area contributed by atoms with Gasteiger partial charge in [-0.2, -0.15) is 0 Å². The normalized spacial score (nSPS) is 27.8. The van der Waals surface area contributed by atoms with Crippen LogP contribution in [0, 0.1) is 41.4 Å². The highest BCUT2D eigenvalue weighted by atomic mass is 33.5. The number of esters is 2. The van der Waals surface area contributed by atoms with Gasteiger partial charge in [0, 0.05) is 514 Å². The van der Waals surface area contributed by atoms with Crippen molar-refractivity contribution in [3.63, 3.8) is 0 Å². The topological polar surface area (TPSA) is 147 Å². The Bertz CT molecular complexity index is 5920. The Hall–Kier alpha value is 8.24. The van der Waals surface area contributed by atoms with Gasteiger partial charge in [-0.15, -0.1) is 0 Å². The van der Waals surface area contributed by atoms with E-state index in [1.807, 2.05) is 201 Å². The summed E-state index contributed by atoms with van der Waals surface area (Å²) in [5.74, 6) is 0.0466. The molecule has 8 aliphatic rings. The molecule has 13 nitrogen and oxygen atoms in total. The van der Waals surface area contributed by atoms with Crippen molar-refractivity contribution in [3.05, 3.63) is 71.8 Å². The van der Waals surface area contributed by atoms with Crippen LogP contribution in [0.2, 0.25) is 0 Å². The number of aliphatic hydroxyl groups excluding tert-OH is 1. The maximum Gasteiger partial charge on any atom is 0.308 e. The summed E-state index contributed by atoms with van der Waals surface area (Å²) >= 11 is 19.1. The van der Waals surface area contributed by atoms with Crippen molar-refractivity contribution in [1.82, 2.24) is 0 Å². The van der Waals surface area contributed by atoms with E-state index in [-0.39, 0.29) is 138 Å². The van der Waals surface area contributed by atoms with Gasteiger partial charge in [-0.3, -0.25) is 9.59 Å². The zero-order valence-corrected chi connectivity index (χ0v) is 107. The number of hydrogen-bond donors (Lipinski definition) is 1. The molecule has 2 aromatic rings. The van der Waals surface area contributed by atoms with Crippen LogP contribution in [0.3, 0.4) is 0 Å². The lowest BCUT2D eigenvalue weighted by Gasteiger charge is -2.55. The minimum Gasteiger partial charge on any atom is -0.461 e. The molecule has 0 aromatic heterocycles. The summed E-state index contributed by atoms with van der Waals surface area (Å²) in [6.45, 7) is 20.3.